The van der Waals surface area contributed by atoms with Gasteiger partial charge in [-0.15, -0.1) is 11.3 Å². The number of aromatic nitrogens is 3. The average molecular weight is 480 g/mol. The van der Waals surface area contributed by atoms with Crippen molar-refractivity contribution in [2.45, 2.75) is 45.4 Å². The van der Waals surface area contributed by atoms with E-state index in [1.54, 1.807) is 0 Å². The number of amides is 1. The molecule has 178 valence electrons. The number of morpholine rings is 1. The molecule has 0 saturated carbocycles. The van der Waals surface area contributed by atoms with E-state index in [4.69, 9.17) is 4.74 Å². The van der Waals surface area contributed by atoms with Gasteiger partial charge in [0.2, 0.25) is 11.9 Å². The first-order valence-electron chi connectivity index (χ1n) is 11.9. The summed E-state index contributed by atoms with van der Waals surface area (Å²) >= 11 is 1.42. The SMILES string of the molecule is Cc1nc(N2CCOCC2)[nH]c(=O)c1CCC(=O)Nc1nc(-c2ccc3c(c2)CCCC3)cs1. The molecule has 0 spiro atoms. The maximum absolute atomic E-state index is 12.6. The molecule has 1 saturated heterocycles. The van der Waals surface area contributed by atoms with E-state index in [2.05, 4.69) is 38.5 Å². The molecule has 0 radical (unpaired) electrons. The van der Waals surface area contributed by atoms with E-state index in [9.17, 15) is 9.59 Å². The van der Waals surface area contributed by atoms with Crippen molar-refractivity contribution >= 4 is 28.3 Å². The number of nitrogens with zero attached hydrogens (tertiary/aromatic N) is 3. The van der Waals surface area contributed by atoms with Gasteiger partial charge in [-0.2, -0.15) is 0 Å². The van der Waals surface area contributed by atoms with Gasteiger partial charge in [0.25, 0.3) is 5.56 Å². The van der Waals surface area contributed by atoms with Crippen molar-refractivity contribution < 1.29 is 9.53 Å². The van der Waals surface area contributed by atoms with Gasteiger partial charge >= 0.3 is 0 Å². The summed E-state index contributed by atoms with van der Waals surface area (Å²) in [4.78, 5) is 39.3. The third kappa shape index (κ3) is 5.05. The summed E-state index contributed by atoms with van der Waals surface area (Å²) in [6.45, 7) is 4.46. The Balaban J connectivity index is 1.20. The summed E-state index contributed by atoms with van der Waals surface area (Å²) in [6.07, 6.45) is 5.30. The average Bonchev–Trinajstić information content (AvgIpc) is 3.32. The minimum Gasteiger partial charge on any atom is -0.378 e. The first kappa shape index (κ1) is 22.7. The highest BCUT2D eigenvalue weighted by Crippen LogP contribution is 2.29. The number of aryl methyl sites for hydroxylation is 3. The Morgan fingerprint density at radius 2 is 1.97 bits per heavy atom. The fraction of sp³-hybridized carbons (Fsp3) is 0.440. The molecule has 0 unspecified atom stereocenters. The van der Waals surface area contributed by atoms with E-state index in [-0.39, 0.29) is 17.9 Å². The van der Waals surface area contributed by atoms with Crippen LogP contribution in [0, 0.1) is 6.92 Å². The van der Waals surface area contributed by atoms with Crippen LogP contribution in [0.2, 0.25) is 0 Å². The lowest BCUT2D eigenvalue weighted by molar-refractivity contribution is -0.116. The number of hydrogen-bond acceptors (Lipinski definition) is 7. The van der Waals surface area contributed by atoms with E-state index in [1.807, 2.05) is 17.2 Å². The van der Waals surface area contributed by atoms with Gasteiger partial charge in [0.1, 0.15) is 0 Å². The van der Waals surface area contributed by atoms with Crippen molar-refractivity contribution in [3.63, 3.8) is 0 Å². The zero-order valence-corrected chi connectivity index (χ0v) is 20.2. The second-order valence-electron chi connectivity index (χ2n) is 8.83. The standard InChI is InChI=1S/C25H29N5O3S/c1-16-20(23(32)29-24(26-16)30-10-12-33-13-11-30)8-9-22(31)28-25-27-21(15-34-25)19-7-6-17-4-2-3-5-18(17)14-19/h6-7,14-15H,2-5,8-13H2,1H3,(H,26,29,32)(H,27,28,31). The highest BCUT2D eigenvalue weighted by molar-refractivity contribution is 7.14. The number of carbonyl (C=O) groups is 1. The molecule has 3 heterocycles. The number of rotatable bonds is 6. The van der Waals surface area contributed by atoms with Gasteiger partial charge < -0.3 is 15.0 Å². The summed E-state index contributed by atoms with van der Waals surface area (Å²) in [7, 11) is 0. The Morgan fingerprint density at radius 1 is 1.18 bits per heavy atom. The van der Waals surface area contributed by atoms with Crippen LogP contribution in [0.1, 0.15) is 41.6 Å². The van der Waals surface area contributed by atoms with Crippen LogP contribution in [-0.2, 0) is 28.8 Å². The molecule has 1 aliphatic heterocycles. The van der Waals surface area contributed by atoms with E-state index >= 15 is 0 Å². The van der Waals surface area contributed by atoms with Gasteiger partial charge in [-0.1, -0.05) is 12.1 Å². The van der Waals surface area contributed by atoms with Gasteiger partial charge in [0.15, 0.2) is 5.13 Å². The molecular weight excluding hydrogens is 450 g/mol. The molecule has 5 rings (SSSR count). The van der Waals surface area contributed by atoms with Gasteiger partial charge in [0.05, 0.1) is 18.9 Å². The molecule has 1 aliphatic carbocycles. The monoisotopic (exact) mass is 479 g/mol. The second kappa shape index (κ2) is 10.1. The number of fused-ring (bicyclic) bond motifs is 1. The number of nitrogens with one attached hydrogen (secondary N) is 2. The van der Waals surface area contributed by atoms with E-state index in [1.165, 1.54) is 35.3 Å². The summed E-state index contributed by atoms with van der Waals surface area (Å²) in [5.41, 5.74) is 5.83. The number of aromatic amines is 1. The van der Waals surface area contributed by atoms with Crippen LogP contribution in [-0.4, -0.2) is 47.2 Å². The molecule has 0 bridgehead atoms. The molecular formula is C25H29N5O3S. The second-order valence-corrected chi connectivity index (χ2v) is 9.69. The van der Waals surface area contributed by atoms with Crippen LogP contribution in [0.15, 0.2) is 28.4 Å². The molecule has 2 aromatic heterocycles. The Hall–Kier alpha value is -3.04. The first-order chi connectivity index (χ1) is 16.6. The van der Waals surface area contributed by atoms with Crippen molar-refractivity contribution in [1.29, 1.82) is 0 Å². The van der Waals surface area contributed by atoms with Crippen molar-refractivity contribution in [2.75, 3.05) is 36.5 Å². The predicted molar refractivity (Wildman–Crippen MR) is 134 cm³/mol. The van der Waals surface area contributed by atoms with E-state index in [0.717, 1.165) is 24.1 Å². The fourth-order valence-corrected chi connectivity index (χ4v) is 5.33. The zero-order chi connectivity index (χ0) is 23.5. The first-order valence-corrected chi connectivity index (χ1v) is 12.7. The highest BCUT2D eigenvalue weighted by Gasteiger charge is 2.17. The minimum atomic E-state index is -0.189. The third-order valence-electron chi connectivity index (χ3n) is 6.52. The van der Waals surface area contributed by atoms with Crippen LogP contribution in [0.5, 0.6) is 0 Å². The Bertz CT molecular complexity index is 1250. The Kier molecular flexibility index (Phi) is 6.73. The number of carbonyl (C=O) groups excluding carboxylic acids is 1. The number of thiazole rings is 1. The summed E-state index contributed by atoms with van der Waals surface area (Å²) in [5.74, 6) is 0.402. The lowest BCUT2D eigenvalue weighted by atomic mass is 9.90. The third-order valence-corrected chi connectivity index (χ3v) is 7.27. The fourth-order valence-electron chi connectivity index (χ4n) is 4.59. The van der Waals surface area contributed by atoms with Gasteiger partial charge in [-0.3, -0.25) is 14.6 Å². The number of anilines is 2. The topological polar surface area (TPSA) is 100 Å². The molecule has 34 heavy (non-hydrogen) atoms. The lowest BCUT2D eigenvalue weighted by Gasteiger charge is -2.27. The van der Waals surface area contributed by atoms with E-state index < -0.39 is 0 Å². The van der Waals surface area contributed by atoms with Gasteiger partial charge in [-0.25, -0.2) is 9.97 Å². The van der Waals surface area contributed by atoms with Crippen LogP contribution in [0.25, 0.3) is 11.3 Å². The van der Waals surface area contributed by atoms with Crippen LogP contribution in [0.4, 0.5) is 11.1 Å². The quantitative estimate of drug-likeness (QED) is 0.561. The molecule has 3 aromatic rings. The minimum absolute atomic E-state index is 0.164. The molecule has 0 atom stereocenters. The molecule has 8 nitrogen and oxygen atoms in total. The largest absolute Gasteiger partial charge is 0.378 e. The lowest BCUT2D eigenvalue weighted by Crippen LogP contribution is -2.38. The molecule has 1 aromatic carbocycles. The van der Waals surface area contributed by atoms with Crippen molar-refractivity contribution in [1.82, 2.24) is 15.0 Å². The summed E-state index contributed by atoms with van der Waals surface area (Å²) in [5, 5.41) is 5.43. The zero-order valence-electron chi connectivity index (χ0n) is 19.4. The number of H-pyrrole nitrogens is 1. The van der Waals surface area contributed by atoms with Crippen LogP contribution < -0.4 is 15.8 Å². The van der Waals surface area contributed by atoms with Crippen LogP contribution in [0.3, 0.4) is 0 Å². The highest BCUT2D eigenvalue weighted by atomic mass is 32.1. The molecule has 2 aliphatic rings. The number of benzene rings is 1. The molecule has 1 amide bonds. The Morgan fingerprint density at radius 3 is 2.76 bits per heavy atom. The normalized spacial score (nSPS) is 15.7. The number of hydrogen-bond donors (Lipinski definition) is 2. The van der Waals surface area contributed by atoms with Crippen molar-refractivity contribution in [3.8, 4) is 11.3 Å². The molecule has 9 heteroatoms. The summed E-state index contributed by atoms with van der Waals surface area (Å²) < 4.78 is 5.36. The van der Waals surface area contributed by atoms with Crippen LogP contribution >= 0.6 is 11.3 Å². The van der Waals surface area contributed by atoms with Gasteiger partial charge in [0, 0.05) is 41.7 Å². The predicted octanol–water partition coefficient (Wildman–Crippen LogP) is 3.49. The Labute approximate surface area is 202 Å². The maximum atomic E-state index is 12.6. The van der Waals surface area contributed by atoms with Gasteiger partial charge in [-0.05, 0) is 56.2 Å². The molecule has 2 N–H and O–H groups in total. The van der Waals surface area contributed by atoms with E-state index in [0.29, 0.717) is 55.1 Å². The smallest absolute Gasteiger partial charge is 0.255 e. The van der Waals surface area contributed by atoms with Crippen molar-refractivity contribution in [2.24, 2.45) is 0 Å². The number of ether oxygens (including phenoxy) is 1. The van der Waals surface area contributed by atoms with Crippen molar-refractivity contribution in [3.05, 3.63) is 56.3 Å². The summed E-state index contributed by atoms with van der Waals surface area (Å²) in [6, 6.07) is 6.56. The molecule has 1 fully saturated rings. The maximum Gasteiger partial charge on any atom is 0.255 e.